The van der Waals surface area contributed by atoms with Gasteiger partial charge in [0.05, 0.1) is 12.1 Å². The largest absolute Gasteiger partial charge is 0.447 e. The lowest BCUT2D eigenvalue weighted by molar-refractivity contribution is -0.111. The first kappa shape index (κ1) is 27.5. The first-order valence-corrected chi connectivity index (χ1v) is 13.2. The Morgan fingerprint density at radius 1 is 1.05 bits per heavy atom. The highest BCUT2D eigenvalue weighted by Crippen LogP contribution is 2.27. The Labute approximate surface area is 237 Å². The van der Waals surface area contributed by atoms with E-state index in [4.69, 9.17) is 4.74 Å². The average Bonchev–Trinajstić information content (AvgIpc) is 3.39. The molecule has 41 heavy (non-hydrogen) atoms. The maximum atomic E-state index is 12.2. The summed E-state index contributed by atoms with van der Waals surface area (Å²) in [6.45, 7) is 3.71. The number of aliphatic hydroxyl groups is 1. The van der Waals surface area contributed by atoms with Crippen molar-refractivity contribution in [1.82, 2.24) is 15.0 Å². The molecule has 1 aliphatic rings. The van der Waals surface area contributed by atoms with Crippen LogP contribution in [0.1, 0.15) is 31.0 Å². The van der Waals surface area contributed by atoms with Crippen molar-refractivity contribution in [3.8, 4) is 11.1 Å². The SMILES string of the molecule is C[C@H](Nc1nccc(N2C(=O)OC[C@@H]2[C@@H](C)O)n1)c1ccc(-c2ccc(NC(=O)/C=C/c3cccnc3)cc2)cc1. The lowest BCUT2D eigenvalue weighted by Gasteiger charge is -2.23. The summed E-state index contributed by atoms with van der Waals surface area (Å²) < 4.78 is 5.10. The number of carbonyl (C=O) groups excluding carboxylic acids is 2. The van der Waals surface area contributed by atoms with Crippen LogP contribution in [-0.4, -0.2) is 50.8 Å². The first-order chi connectivity index (χ1) is 19.9. The third-order valence-corrected chi connectivity index (χ3v) is 6.70. The molecule has 1 fully saturated rings. The third-order valence-electron chi connectivity index (χ3n) is 6.70. The number of nitrogens with one attached hydrogen (secondary N) is 2. The molecule has 0 saturated carbocycles. The van der Waals surface area contributed by atoms with E-state index >= 15 is 0 Å². The number of hydrogen-bond acceptors (Lipinski definition) is 8. The van der Waals surface area contributed by atoms with Gasteiger partial charge < -0.3 is 20.5 Å². The van der Waals surface area contributed by atoms with Gasteiger partial charge in [0.2, 0.25) is 11.9 Å². The molecule has 2 aromatic carbocycles. The predicted molar refractivity (Wildman–Crippen MR) is 157 cm³/mol. The standard InChI is InChI=1S/C31H30N6O4/c1-20(34-30-33-17-15-28(36-30)37-27(21(2)38)19-41-31(37)40)23-6-8-24(9-7-23)25-10-12-26(13-11-25)35-29(39)14-5-22-4-3-16-32-18-22/h3-18,20-21,27,38H,19H2,1-2H3,(H,35,39)(H,33,34,36)/b14-5+/t20-,21+,27+/m0/s1. The summed E-state index contributed by atoms with van der Waals surface area (Å²) in [7, 11) is 0. The average molecular weight is 551 g/mol. The van der Waals surface area contributed by atoms with Crippen LogP contribution in [0, 0.1) is 0 Å². The molecule has 208 valence electrons. The van der Waals surface area contributed by atoms with Crippen molar-refractivity contribution in [1.29, 1.82) is 0 Å². The number of nitrogens with zero attached hydrogens (tertiary/aromatic N) is 4. The summed E-state index contributed by atoms with van der Waals surface area (Å²) in [6.07, 6.45) is 6.82. The summed E-state index contributed by atoms with van der Waals surface area (Å²) >= 11 is 0. The van der Waals surface area contributed by atoms with Gasteiger partial charge in [-0.3, -0.25) is 14.7 Å². The maximum absolute atomic E-state index is 12.2. The van der Waals surface area contributed by atoms with E-state index in [0.29, 0.717) is 17.5 Å². The minimum Gasteiger partial charge on any atom is -0.447 e. The molecule has 10 nitrogen and oxygen atoms in total. The van der Waals surface area contributed by atoms with Crippen LogP contribution in [0.15, 0.2) is 91.4 Å². The number of carbonyl (C=O) groups is 2. The van der Waals surface area contributed by atoms with Crippen LogP contribution >= 0.6 is 0 Å². The second-order valence-electron chi connectivity index (χ2n) is 9.67. The molecule has 0 aliphatic carbocycles. The van der Waals surface area contributed by atoms with Gasteiger partial charge in [-0.15, -0.1) is 0 Å². The van der Waals surface area contributed by atoms with Gasteiger partial charge in [-0.2, -0.15) is 4.98 Å². The van der Waals surface area contributed by atoms with Crippen LogP contribution in [0.25, 0.3) is 17.2 Å². The number of aromatic nitrogens is 3. The highest BCUT2D eigenvalue weighted by atomic mass is 16.6. The third kappa shape index (κ3) is 6.74. The zero-order chi connectivity index (χ0) is 28.8. The number of rotatable bonds is 9. The van der Waals surface area contributed by atoms with Crippen molar-refractivity contribution in [2.75, 3.05) is 22.1 Å². The molecule has 1 saturated heterocycles. The van der Waals surface area contributed by atoms with Gasteiger partial charge in [0, 0.05) is 30.4 Å². The molecule has 3 heterocycles. The van der Waals surface area contributed by atoms with Crippen molar-refractivity contribution in [2.45, 2.75) is 32.0 Å². The zero-order valence-electron chi connectivity index (χ0n) is 22.6. The Morgan fingerprint density at radius 3 is 2.46 bits per heavy atom. The molecule has 1 aliphatic heterocycles. The van der Waals surface area contributed by atoms with Crippen LogP contribution in [0.4, 0.5) is 22.2 Å². The minimum atomic E-state index is -0.764. The summed E-state index contributed by atoms with van der Waals surface area (Å²) in [5.74, 6) is 0.503. The molecule has 2 aromatic heterocycles. The number of hydrogen-bond donors (Lipinski definition) is 3. The van der Waals surface area contributed by atoms with Crippen molar-refractivity contribution in [3.05, 3.63) is 103 Å². The molecule has 10 heteroatoms. The van der Waals surface area contributed by atoms with Gasteiger partial charge in [0.1, 0.15) is 18.5 Å². The maximum Gasteiger partial charge on any atom is 0.416 e. The van der Waals surface area contributed by atoms with E-state index in [2.05, 4.69) is 25.6 Å². The van der Waals surface area contributed by atoms with E-state index in [-0.39, 0.29) is 18.6 Å². The quantitative estimate of drug-likeness (QED) is 0.246. The molecule has 3 atom stereocenters. The van der Waals surface area contributed by atoms with E-state index in [1.54, 1.807) is 37.7 Å². The minimum absolute atomic E-state index is 0.105. The highest BCUT2D eigenvalue weighted by molar-refractivity contribution is 6.02. The Bertz CT molecular complexity index is 1520. The number of aliphatic hydroxyl groups excluding tert-OH is 1. The Balaban J connectivity index is 1.20. The van der Waals surface area contributed by atoms with Crippen molar-refractivity contribution < 1.29 is 19.4 Å². The molecular formula is C31H30N6O4. The molecule has 5 rings (SSSR count). The number of amides is 2. The van der Waals surface area contributed by atoms with Crippen LogP contribution in [0.3, 0.4) is 0 Å². The smallest absolute Gasteiger partial charge is 0.416 e. The van der Waals surface area contributed by atoms with E-state index in [9.17, 15) is 14.7 Å². The Hall–Kier alpha value is -5.09. The van der Waals surface area contributed by atoms with Gasteiger partial charge in [-0.05, 0) is 66.4 Å². The van der Waals surface area contributed by atoms with Crippen molar-refractivity contribution in [2.24, 2.45) is 0 Å². The zero-order valence-corrected chi connectivity index (χ0v) is 22.6. The lowest BCUT2D eigenvalue weighted by Crippen LogP contribution is -2.41. The number of benzene rings is 2. The van der Waals surface area contributed by atoms with Gasteiger partial charge in [-0.25, -0.2) is 9.78 Å². The second kappa shape index (κ2) is 12.4. The Kier molecular flexibility index (Phi) is 8.31. The topological polar surface area (TPSA) is 130 Å². The molecule has 0 radical (unpaired) electrons. The van der Waals surface area contributed by atoms with E-state index < -0.39 is 18.2 Å². The van der Waals surface area contributed by atoms with E-state index in [1.807, 2.05) is 67.6 Å². The second-order valence-corrected chi connectivity index (χ2v) is 9.67. The summed E-state index contributed by atoms with van der Waals surface area (Å²) in [6, 6.07) is 20.4. The number of pyridine rings is 1. The fourth-order valence-electron chi connectivity index (χ4n) is 4.43. The van der Waals surface area contributed by atoms with Gasteiger partial charge in [-0.1, -0.05) is 42.5 Å². The summed E-state index contributed by atoms with van der Waals surface area (Å²) in [5, 5.41) is 16.2. The molecule has 4 aromatic rings. The molecular weight excluding hydrogens is 520 g/mol. The number of anilines is 3. The molecule has 2 amide bonds. The summed E-state index contributed by atoms with van der Waals surface area (Å²) in [5.41, 5.74) is 4.63. The van der Waals surface area contributed by atoms with Crippen molar-refractivity contribution >= 4 is 35.5 Å². The summed E-state index contributed by atoms with van der Waals surface area (Å²) in [4.78, 5) is 38.6. The molecule has 0 bridgehead atoms. The fraction of sp³-hybridized carbons (Fsp3) is 0.194. The van der Waals surface area contributed by atoms with Gasteiger partial charge in [0.15, 0.2) is 0 Å². The van der Waals surface area contributed by atoms with Gasteiger partial charge in [0.25, 0.3) is 0 Å². The van der Waals surface area contributed by atoms with E-state index in [0.717, 1.165) is 22.3 Å². The van der Waals surface area contributed by atoms with Crippen molar-refractivity contribution in [3.63, 3.8) is 0 Å². The van der Waals surface area contributed by atoms with Crippen LogP contribution < -0.4 is 15.5 Å². The number of cyclic esters (lactones) is 1. The molecule has 3 N–H and O–H groups in total. The van der Waals surface area contributed by atoms with Crippen LogP contribution in [0.5, 0.6) is 0 Å². The normalized spacial score (nSPS) is 16.3. The fourth-order valence-corrected chi connectivity index (χ4v) is 4.43. The first-order valence-electron chi connectivity index (χ1n) is 13.2. The predicted octanol–water partition coefficient (Wildman–Crippen LogP) is 5.07. The molecule has 0 unspecified atom stereocenters. The van der Waals surface area contributed by atoms with Crippen LogP contribution in [0.2, 0.25) is 0 Å². The highest BCUT2D eigenvalue weighted by Gasteiger charge is 2.38. The monoisotopic (exact) mass is 550 g/mol. The van der Waals surface area contributed by atoms with Gasteiger partial charge >= 0.3 is 6.09 Å². The van der Waals surface area contributed by atoms with Crippen LogP contribution in [-0.2, 0) is 9.53 Å². The lowest BCUT2D eigenvalue weighted by atomic mass is 10.0. The van der Waals surface area contributed by atoms with E-state index in [1.165, 1.54) is 11.0 Å². The number of ether oxygens (including phenoxy) is 1. The Morgan fingerprint density at radius 2 is 1.78 bits per heavy atom. The molecule has 0 spiro atoms.